The van der Waals surface area contributed by atoms with Crippen LogP contribution in [0.2, 0.25) is 0 Å². The van der Waals surface area contributed by atoms with Crippen LogP contribution in [0.4, 0.5) is 0 Å². The first-order chi connectivity index (χ1) is 9.85. The molecular weight excluding hydrogens is 252 g/mol. The highest BCUT2D eigenvalue weighted by Gasteiger charge is 2.36. The van der Waals surface area contributed by atoms with Crippen LogP contribution in [0, 0.1) is 11.8 Å². The predicted molar refractivity (Wildman–Crippen MR) is 75.4 cm³/mol. The van der Waals surface area contributed by atoms with Crippen molar-refractivity contribution in [3.05, 3.63) is 11.4 Å². The van der Waals surface area contributed by atoms with Crippen LogP contribution in [-0.2, 0) is 17.7 Å². The lowest BCUT2D eigenvalue weighted by atomic mass is 10.0. The number of ether oxygens (including phenoxy) is 1. The van der Waals surface area contributed by atoms with E-state index in [1.54, 1.807) is 7.11 Å². The maximum Gasteiger partial charge on any atom is 0.105 e. The topological polar surface area (TPSA) is 43.2 Å². The summed E-state index contributed by atoms with van der Waals surface area (Å²) in [5.41, 5.74) is 2.55. The van der Waals surface area contributed by atoms with E-state index in [-0.39, 0.29) is 0 Å². The highest BCUT2D eigenvalue weighted by atomic mass is 16.5. The molecule has 2 fully saturated rings. The van der Waals surface area contributed by atoms with Crippen molar-refractivity contribution in [2.75, 3.05) is 26.8 Å². The fourth-order valence-electron chi connectivity index (χ4n) is 3.32. The Balaban J connectivity index is 1.55. The van der Waals surface area contributed by atoms with E-state index in [0.29, 0.717) is 6.04 Å². The van der Waals surface area contributed by atoms with Gasteiger partial charge in [-0.15, -0.1) is 5.10 Å². The molecule has 5 nitrogen and oxygen atoms in total. The van der Waals surface area contributed by atoms with Gasteiger partial charge in [-0.3, -0.25) is 4.90 Å². The summed E-state index contributed by atoms with van der Waals surface area (Å²) in [6, 6.07) is 0.317. The Hall–Kier alpha value is -0.940. The number of hydrogen-bond acceptors (Lipinski definition) is 4. The summed E-state index contributed by atoms with van der Waals surface area (Å²) in [6.07, 6.45) is 6.63. The van der Waals surface area contributed by atoms with Crippen molar-refractivity contribution in [1.82, 2.24) is 19.9 Å². The number of aromatic nitrogens is 3. The monoisotopic (exact) mass is 276 g/mol. The van der Waals surface area contributed by atoms with Crippen LogP contribution >= 0.6 is 0 Å². The van der Waals surface area contributed by atoms with Gasteiger partial charge in [0.1, 0.15) is 5.69 Å². The smallest absolute Gasteiger partial charge is 0.105 e. The number of fused-ring (bicyclic) bond motifs is 1. The number of nitrogens with zero attached hydrogens (tertiary/aromatic N) is 4. The first-order valence-electron chi connectivity index (χ1n) is 8.00. The Labute approximate surface area is 120 Å². The van der Waals surface area contributed by atoms with Crippen molar-refractivity contribution < 1.29 is 4.74 Å². The minimum Gasteiger partial charge on any atom is -0.383 e. The van der Waals surface area contributed by atoms with Crippen molar-refractivity contribution in [1.29, 1.82) is 0 Å². The Morgan fingerprint density at radius 3 is 2.60 bits per heavy atom. The Morgan fingerprint density at radius 2 is 1.90 bits per heavy atom. The average Bonchev–Trinajstić information content (AvgIpc) is 3.34. The molecule has 0 bridgehead atoms. The molecular formula is C15H24N4O. The summed E-state index contributed by atoms with van der Waals surface area (Å²) >= 11 is 0. The summed E-state index contributed by atoms with van der Waals surface area (Å²) in [6.45, 7) is 4.16. The SMILES string of the molecule is COC[C@H]1c2nnn(CC3CC3)c2CCN1CC1CC1. The molecule has 0 amide bonds. The maximum atomic E-state index is 5.45. The molecule has 0 saturated heterocycles. The fourth-order valence-corrected chi connectivity index (χ4v) is 3.32. The number of hydrogen-bond donors (Lipinski definition) is 0. The van der Waals surface area contributed by atoms with Crippen LogP contribution < -0.4 is 0 Å². The average molecular weight is 276 g/mol. The molecule has 1 aromatic heterocycles. The minimum atomic E-state index is 0.317. The highest BCUT2D eigenvalue weighted by molar-refractivity contribution is 5.19. The maximum absolute atomic E-state index is 5.45. The van der Waals surface area contributed by atoms with Crippen molar-refractivity contribution in [2.24, 2.45) is 11.8 Å². The quantitative estimate of drug-likeness (QED) is 0.792. The van der Waals surface area contributed by atoms with Crippen LogP contribution in [0.3, 0.4) is 0 Å². The van der Waals surface area contributed by atoms with Gasteiger partial charge in [-0.2, -0.15) is 0 Å². The zero-order chi connectivity index (χ0) is 13.5. The molecule has 5 heteroatoms. The molecule has 0 radical (unpaired) electrons. The fraction of sp³-hybridized carbons (Fsp3) is 0.867. The summed E-state index contributed by atoms with van der Waals surface area (Å²) in [5, 5.41) is 8.93. The lowest BCUT2D eigenvalue weighted by Gasteiger charge is -2.34. The molecule has 0 spiro atoms. The summed E-state index contributed by atoms with van der Waals surface area (Å²) in [5.74, 6) is 1.77. The molecule has 4 rings (SSSR count). The third kappa shape index (κ3) is 2.49. The first-order valence-corrected chi connectivity index (χ1v) is 8.00. The van der Waals surface area contributed by atoms with Crippen LogP contribution in [0.1, 0.15) is 43.1 Å². The molecule has 110 valence electrons. The molecule has 20 heavy (non-hydrogen) atoms. The van der Waals surface area contributed by atoms with Crippen molar-refractivity contribution in [3.63, 3.8) is 0 Å². The van der Waals surface area contributed by atoms with Crippen LogP contribution in [0.15, 0.2) is 0 Å². The minimum absolute atomic E-state index is 0.317. The number of rotatable bonds is 6. The van der Waals surface area contributed by atoms with E-state index in [2.05, 4.69) is 19.9 Å². The highest BCUT2D eigenvalue weighted by Crippen LogP contribution is 2.36. The molecule has 0 unspecified atom stereocenters. The van der Waals surface area contributed by atoms with Gasteiger partial charge in [0.05, 0.1) is 18.3 Å². The summed E-state index contributed by atoms with van der Waals surface area (Å²) in [4.78, 5) is 2.57. The van der Waals surface area contributed by atoms with Gasteiger partial charge in [-0.1, -0.05) is 5.21 Å². The summed E-state index contributed by atoms with van der Waals surface area (Å²) in [7, 11) is 1.79. The van der Waals surface area contributed by atoms with E-state index in [1.165, 1.54) is 43.6 Å². The van der Waals surface area contributed by atoms with E-state index >= 15 is 0 Å². The molecule has 0 N–H and O–H groups in total. The molecule has 2 heterocycles. The molecule has 2 saturated carbocycles. The second-order valence-corrected chi connectivity index (χ2v) is 6.71. The lowest BCUT2D eigenvalue weighted by molar-refractivity contribution is 0.0767. The van der Waals surface area contributed by atoms with E-state index in [9.17, 15) is 0 Å². The van der Waals surface area contributed by atoms with E-state index < -0.39 is 0 Å². The van der Waals surface area contributed by atoms with Crippen molar-refractivity contribution >= 4 is 0 Å². The third-order valence-electron chi connectivity index (χ3n) is 4.90. The second kappa shape index (κ2) is 5.11. The Kier molecular flexibility index (Phi) is 3.27. The van der Waals surface area contributed by atoms with Gasteiger partial charge >= 0.3 is 0 Å². The van der Waals surface area contributed by atoms with Gasteiger partial charge in [0.25, 0.3) is 0 Å². The molecule has 1 aromatic rings. The number of methoxy groups -OCH3 is 1. The van der Waals surface area contributed by atoms with Crippen LogP contribution in [-0.4, -0.2) is 46.7 Å². The Morgan fingerprint density at radius 1 is 1.15 bits per heavy atom. The second-order valence-electron chi connectivity index (χ2n) is 6.71. The van der Waals surface area contributed by atoms with E-state index in [1.807, 2.05) is 0 Å². The third-order valence-corrected chi connectivity index (χ3v) is 4.90. The normalized spacial score (nSPS) is 26.8. The molecule has 1 aliphatic heterocycles. The summed E-state index contributed by atoms with van der Waals surface area (Å²) < 4.78 is 7.63. The van der Waals surface area contributed by atoms with Gasteiger partial charge in [-0.25, -0.2) is 4.68 Å². The Bertz CT molecular complexity index is 478. The molecule has 1 atom stereocenters. The largest absolute Gasteiger partial charge is 0.383 e. The molecule has 2 aliphatic carbocycles. The van der Waals surface area contributed by atoms with Gasteiger partial charge in [0, 0.05) is 33.2 Å². The van der Waals surface area contributed by atoms with Crippen molar-refractivity contribution in [2.45, 2.75) is 44.7 Å². The van der Waals surface area contributed by atoms with E-state index in [0.717, 1.165) is 38.0 Å². The van der Waals surface area contributed by atoms with Gasteiger partial charge < -0.3 is 4.74 Å². The predicted octanol–water partition coefficient (Wildman–Crippen LogP) is 1.64. The van der Waals surface area contributed by atoms with Crippen molar-refractivity contribution in [3.8, 4) is 0 Å². The van der Waals surface area contributed by atoms with Gasteiger partial charge in [0.15, 0.2) is 0 Å². The van der Waals surface area contributed by atoms with E-state index in [4.69, 9.17) is 4.74 Å². The molecule has 3 aliphatic rings. The molecule has 0 aromatic carbocycles. The standard InChI is InChI=1S/C15H24N4O/c1-20-10-14-15-13(6-7-18(14)8-11-2-3-11)19(17-16-15)9-12-4-5-12/h11-12,14H,2-10H2,1H3/t14-/m0/s1. The zero-order valence-corrected chi connectivity index (χ0v) is 12.3. The van der Waals surface area contributed by atoms with Crippen LogP contribution in [0.5, 0.6) is 0 Å². The zero-order valence-electron chi connectivity index (χ0n) is 12.3. The van der Waals surface area contributed by atoms with Gasteiger partial charge in [0.2, 0.25) is 0 Å². The first kappa shape index (κ1) is 12.8. The van der Waals surface area contributed by atoms with Crippen LogP contribution in [0.25, 0.3) is 0 Å². The van der Waals surface area contributed by atoms with Gasteiger partial charge in [-0.05, 0) is 37.5 Å². The lowest BCUT2D eigenvalue weighted by Crippen LogP contribution is -2.39.